The van der Waals surface area contributed by atoms with Gasteiger partial charge in [-0.15, -0.1) is 0 Å². The summed E-state index contributed by atoms with van der Waals surface area (Å²) in [5.74, 6) is -3.46. The molecule has 0 saturated heterocycles. The van der Waals surface area contributed by atoms with E-state index < -0.39 is 38.7 Å². The highest BCUT2D eigenvalue weighted by Crippen LogP contribution is 2.29. The Kier molecular flexibility index (Phi) is 7.67. The Balaban J connectivity index is 1.72. The number of hydrogen-bond donors (Lipinski definition) is 3. The van der Waals surface area contributed by atoms with Crippen LogP contribution < -0.4 is 10.5 Å². The first kappa shape index (κ1) is 26.7. The Morgan fingerprint density at radius 3 is 2.58 bits per heavy atom. The van der Waals surface area contributed by atoms with Gasteiger partial charge in [0, 0.05) is 53.9 Å². The average molecular weight is 538 g/mol. The van der Waals surface area contributed by atoms with E-state index in [1.807, 2.05) is 6.92 Å². The van der Waals surface area contributed by atoms with E-state index >= 15 is 4.39 Å². The molecular weight excluding hydrogens is 512 g/mol. The molecule has 2 aromatic heterocycles. The van der Waals surface area contributed by atoms with E-state index in [2.05, 4.69) is 19.7 Å². The summed E-state index contributed by atoms with van der Waals surface area (Å²) in [6, 6.07) is 9.52. The molecule has 38 heavy (non-hydrogen) atoms. The number of halogens is 2. The minimum Gasteiger partial charge on any atom is -0.404 e. The van der Waals surface area contributed by atoms with Gasteiger partial charge in [0.2, 0.25) is 5.78 Å². The van der Waals surface area contributed by atoms with Crippen molar-refractivity contribution in [3.63, 3.8) is 0 Å². The van der Waals surface area contributed by atoms with Crippen molar-refractivity contribution in [3.05, 3.63) is 94.9 Å². The molecule has 0 saturated carbocycles. The average Bonchev–Trinajstić information content (AvgIpc) is 3.33. The molecule has 0 spiro atoms. The number of nitrogens with zero attached hydrogens (tertiary/aromatic N) is 2. The third-order valence-corrected chi connectivity index (χ3v) is 7.27. The van der Waals surface area contributed by atoms with Gasteiger partial charge in [0.05, 0.1) is 16.1 Å². The number of carbonyl (C=O) groups excluding carboxylic acids is 1. The highest BCUT2D eigenvalue weighted by Gasteiger charge is 2.26. The number of hydrogen-bond acceptors (Lipinski definition) is 6. The van der Waals surface area contributed by atoms with Gasteiger partial charge < -0.3 is 10.7 Å². The van der Waals surface area contributed by atoms with Crippen LogP contribution in [-0.4, -0.2) is 37.4 Å². The van der Waals surface area contributed by atoms with E-state index in [0.717, 1.165) is 30.5 Å². The number of sulfonamides is 1. The number of rotatable bonds is 9. The van der Waals surface area contributed by atoms with Crippen molar-refractivity contribution in [1.29, 1.82) is 0 Å². The molecular formula is C27H25F2N5O3S. The van der Waals surface area contributed by atoms with Gasteiger partial charge in [-0.05, 0) is 42.3 Å². The van der Waals surface area contributed by atoms with E-state index in [4.69, 9.17) is 5.73 Å². The number of nitrogens with one attached hydrogen (secondary N) is 2. The molecule has 0 aliphatic rings. The summed E-state index contributed by atoms with van der Waals surface area (Å²) in [5, 5.41) is 0.299. The van der Waals surface area contributed by atoms with E-state index in [1.165, 1.54) is 36.9 Å². The fourth-order valence-corrected chi connectivity index (χ4v) is 5.06. The Morgan fingerprint density at radius 1 is 1.18 bits per heavy atom. The largest absolute Gasteiger partial charge is 0.404 e. The van der Waals surface area contributed by atoms with Gasteiger partial charge >= 0.3 is 0 Å². The van der Waals surface area contributed by atoms with Crippen molar-refractivity contribution >= 4 is 44.3 Å². The standard InChI is InChI=1S/C27H25F2N5O3S/c1-3-4-16-5-7-19(8-6-16)38(36,37)34-23-10-9-22(28)24(25(23)29)26(35)21-15-33-27-20(21)11-17(14-32-27)18(12-30)13-31-2/h5-15,34H,3-4,30H2,1-2H3,(H,32,33). The lowest BCUT2D eigenvalue weighted by Crippen LogP contribution is -2.16. The number of aromatic amines is 1. The zero-order valence-corrected chi connectivity index (χ0v) is 21.4. The van der Waals surface area contributed by atoms with Crippen LogP contribution in [0.25, 0.3) is 16.6 Å². The lowest BCUT2D eigenvalue weighted by atomic mass is 10.00. The van der Waals surface area contributed by atoms with Crippen LogP contribution in [0, 0.1) is 11.6 Å². The first-order chi connectivity index (χ1) is 18.2. The first-order valence-corrected chi connectivity index (χ1v) is 13.1. The molecule has 0 radical (unpaired) electrons. The Labute approximate surface area is 218 Å². The molecule has 4 rings (SSSR count). The van der Waals surface area contributed by atoms with Gasteiger partial charge in [-0.1, -0.05) is 25.5 Å². The van der Waals surface area contributed by atoms with Crippen molar-refractivity contribution in [2.45, 2.75) is 24.7 Å². The number of aromatic nitrogens is 2. The van der Waals surface area contributed by atoms with Crippen molar-refractivity contribution in [3.8, 4) is 0 Å². The predicted octanol–water partition coefficient (Wildman–Crippen LogP) is 4.83. The quantitative estimate of drug-likeness (QED) is 0.208. The molecule has 0 fully saturated rings. The third-order valence-electron chi connectivity index (χ3n) is 5.89. The lowest BCUT2D eigenvalue weighted by Gasteiger charge is -2.12. The first-order valence-electron chi connectivity index (χ1n) is 11.7. The van der Waals surface area contributed by atoms with Gasteiger partial charge in [-0.2, -0.15) is 0 Å². The Morgan fingerprint density at radius 2 is 1.92 bits per heavy atom. The van der Waals surface area contributed by atoms with Crippen molar-refractivity contribution in [2.24, 2.45) is 10.7 Å². The van der Waals surface area contributed by atoms with Gasteiger partial charge in [0.15, 0.2) is 5.82 Å². The molecule has 0 unspecified atom stereocenters. The number of ketones is 1. The highest BCUT2D eigenvalue weighted by atomic mass is 32.2. The summed E-state index contributed by atoms with van der Waals surface area (Å²) < 4.78 is 58.2. The van der Waals surface area contributed by atoms with Gasteiger partial charge in [-0.25, -0.2) is 22.2 Å². The van der Waals surface area contributed by atoms with Crippen molar-refractivity contribution < 1.29 is 22.0 Å². The summed E-state index contributed by atoms with van der Waals surface area (Å²) in [5.41, 5.74) is 6.47. The number of pyridine rings is 1. The minimum absolute atomic E-state index is 0.0523. The monoisotopic (exact) mass is 537 g/mol. The number of aliphatic imine (C=N–C) groups is 1. The maximum Gasteiger partial charge on any atom is 0.261 e. The van der Waals surface area contributed by atoms with E-state index in [-0.39, 0.29) is 10.5 Å². The zero-order valence-electron chi connectivity index (χ0n) is 20.6. The molecule has 4 N–H and O–H groups in total. The highest BCUT2D eigenvalue weighted by molar-refractivity contribution is 7.92. The van der Waals surface area contributed by atoms with Crippen LogP contribution in [0.15, 0.2) is 70.9 Å². The van der Waals surface area contributed by atoms with Crippen molar-refractivity contribution in [1.82, 2.24) is 9.97 Å². The second kappa shape index (κ2) is 10.9. The van der Waals surface area contributed by atoms with Crippen LogP contribution in [0.2, 0.25) is 0 Å². The van der Waals surface area contributed by atoms with Crippen LogP contribution in [-0.2, 0) is 16.4 Å². The predicted molar refractivity (Wildman–Crippen MR) is 144 cm³/mol. The molecule has 2 heterocycles. The normalized spacial score (nSPS) is 12.4. The third kappa shape index (κ3) is 5.18. The molecule has 0 amide bonds. The van der Waals surface area contributed by atoms with Crippen LogP contribution in [0.1, 0.15) is 40.4 Å². The lowest BCUT2D eigenvalue weighted by molar-refractivity contribution is 0.103. The summed E-state index contributed by atoms with van der Waals surface area (Å²) >= 11 is 0. The summed E-state index contributed by atoms with van der Waals surface area (Å²) in [6.07, 6.45) is 7.30. The van der Waals surface area contributed by atoms with Gasteiger partial charge in [0.25, 0.3) is 10.0 Å². The van der Waals surface area contributed by atoms with E-state index in [0.29, 0.717) is 22.2 Å². The minimum atomic E-state index is -4.21. The van der Waals surface area contributed by atoms with Crippen LogP contribution >= 0.6 is 0 Å². The smallest absolute Gasteiger partial charge is 0.261 e. The fraction of sp³-hybridized carbons (Fsp3) is 0.148. The Bertz CT molecular complexity index is 1680. The fourth-order valence-electron chi connectivity index (χ4n) is 4.00. The summed E-state index contributed by atoms with van der Waals surface area (Å²) in [4.78, 5) is 24.2. The maximum atomic E-state index is 15.5. The number of fused-ring (bicyclic) bond motifs is 1. The van der Waals surface area contributed by atoms with Crippen LogP contribution in [0.5, 0.6) is 0 Å². The van der Waals surface area contributed by atoms with Gasteiger partial charge in [0.1, 0.15) is 11.5 Å². The molecule has 0 atom stereocenters. The number of allylic oxidation sites excluding steroid dienone is 1. The van der Waals surface area contributed by atoms with Crippen molar-refractivity contribution in [2.75, 3.05) is 11.8 Å². The van der Waals surface area contributed by atoms with Crippen LogP contribution in [0.4, 0.5) is 14.5 Å². The summed E-state index contributed by atoms with van der Waals surface area (Å²) in [7, 11) is -2.64. The number of anilines is 1. The second-order valence-corrected chi connectivity index (χ2v) is 10.1. The van der Waals surface area contributed by atoms with E-state index in [9.17, 15) is 17.6 Å². The molecule has 196 valence electrons. The number of nitrogens with two attached hydrogens (primary N) is 1. The second-order valence-electron chi connectivity index (χ2n) is 8.44. The Hall–Kier alpha value is -4.38. The SMILES string of the molecule is CCCc1ccc(S(=O)(=O)Nc2ccc(F)c(C(=O)c3c[nH]c4ncc(C(C=NC)=CN)cc34)c2F)cc1. The molecule has 0 bridgehead atoms. The molecule has 4 aromatic rings. The van der Waals surface area contributed by atoms with E-state index in [1.54, 1.807) is 25.2 Å². The maximum absolute atomic E-state index is 15.5. The number of aryl methyl sites for hydroxylation is 1. The number of H-pyrrole nitrogens is 1. The van der Waals surface area contributed by atoms with Crippen LogP contribution in [0.3, 0.4) is 0 Å². The topological polar surface area (TPSA) is 130 Å². The molecule has 0 aliphatic carbocycles. The molecule has 11 heteroatoms. The molecule has 2 aromatic carbocycles. The number of benzene rings is 2. The zero-order chi connectivity index (χ0) is 27.4. The molecule has 0 aliphatic heterocycles. The van der Waals surface area contributed by atoms with Gasteiger partial charge in [-0.3, -0.25) is 14.5 Å². The molecule has 8 nitrogen and oxygen atoms in total. The number of carbonyl (C=O) groups is 1. The summed E-state index contributed by atoms with van der Waals surface area (Å²) in [6.45, 7) is 2.00.